The highest BCUT2D eigenvalue weighted by molar-refractivity contribution is 5.94. The number of aromatic nitrogens is 7. The Morgan fingerprint density at radius 2 is 1.93 bits per heavy atom. The van der Waals surface area contributed by atoms with E-state index in [1.54, 1.807) is 51.9 Å². The minimum Gasteiger partial charge on any atom is -0.481 e. The van der Waals surface area contributed by atoms with Crippen LogP contribution in [-0.4, -0.2) is 96.1 Å². The number of ether oxygens (including phenoxy) is 1. The highest BCUT2D eigenvalue weighted by Gasteiger charge is 2.62. The predicted octanol–water partition coefficient (Wildman–Crippen LogP) is 1.23. The summed E-state index contributed by atoms with van der Waals surface area (Å²) >= 11 is 0. The number of fused-ring (bicyclic) bond motifs is 1. The van der Waals surface area contributed by atoms with Crippen molar-refractivity contribution >= 4 is 23.3 Å². The Morgan fingerprint density at radius 3 is 2.58 bits per heavy atom. The quantitative estimate of drug-likeness (QED) is 0.308. The second-order valence-electron chi connectivity index (χ2n) is 12.2. The third-order valence-electron chi connectivity index (χ3n) is 9.26. The van der Waals surface area contributed by atoms with Crippen LogP contribution < -0.4 is 20.5 Å². The SMILES string of the molecule is CCc1c(N2CCN(C(=O)c3cnn(C)c3)CC2)c(=O)n2nc(-c3ccnc(OC)c3)nc2n1CC(=O)NC1CC2(C1)CC2F. The van der Waals surface area contributed by atoms with Gasteiger partial charge in [-0.3, -0.25) is 19.1 Å². The van der Waals surface area contributed by atoms with Gasteiger partial charge in [0.2, 0.25) is 17.6 Å². The molecule has 2 amide bonds. The summed E-state index contributed by atoms with van der Waals surface area (Å²) in [5.74, 6) is 0.553. The highest BCUT2D eigenvalue weighted by atomic mass is 19.1. The molecule has 15 heteroatoms. The van der Waals surface area contributed by atoms with Crippen LogP contribution in [0.15, 0.2) is 35.5 Å². The number of hydrogen-bond acceptors (Lipinski definition) is 9. The fourth-order valence-corrected chi connectivity index (χ4v) is 6.72. The molecule has 3 aliphatic rings. The molecule has 45 heavy (non-hydrogen) atoms. The number of carbonyl (C=O) groups excluding carboxylic acids is 2. The number of methoxy groups -OCH3 is 1. The van der Waals surface area contributed by atoms with E-state index in [4.69, 9.17) is 9.72 Å². The maximum atomic E-state index is 14.1. The van der Waals surface area contributed by atoms with Crippen LogP contribution in [0.5, 0.6) is 5.88 Å². The summed E-state index contributed by atoms with van der Waals surface area (Å²) in [6, 6.07) is 3.33. The first-order valence-corrected chi connectivity index (χ1v) is 15.2. The number of halogens is 1. The predicted molar refractivity (Wildman–Crippen MR) is 161 cm³/mol. The van der Waals surface area contributed by atoms with Crippen molar-refractivity contribution in [3.63, 3.8) is 0 Å². The number of aryl methyl sites for hydroxylation is 1. The van der Waals surface area contributed by atoms with Crippen LogP contribution >= 0.6 is 0 Å². The van der Waals surface area contributed by atoms with Crippen molar-refractivity contribution in [1.82, 2.24) is 44.1 Å². The second kappa shape index (κ2) is 11.0. The van der Waals surface area contributed by atoms with Crippen molar-refractivity contribution in [3.05, 3.63) is 52.3 Å². The fraction of sp³-hybridized carbons (Fsp3) is 0.500. The van der Waals surface area contributed by atoms with Gasteiger partial charge in [0.15, 0.2) is 5.82 Å². The van der Waals surface area contributed by atoms with Crippen LogP contribution in [0.4, 0.5) is 10.1 Å². The minimum absolute atomic E-state index is 0.0682. The van der Waals surface area contributed by atoms with Gasteiger partial charge in [-0.25, -0.2) is 9.37 Å². The summed E-state index contributed by atoms with van der Waals surface area (Å²) in [4.78, 5) is 53.1. The number of nitrogens with zero attached hydrogens (tertiary/aromatic N) is 9. The van der Waals surface area contributed by atoms with Gasteiger partial charge in [-0.2, -0.15) is 14.6 Å². The maximum absolute atomic E-state index is 14.1. The van der Waals surface area contributed by atoms with Crippen molar-refractivity contribution in [2.24, 2.45) is 12.5 Å². The average Bonchev–Trinajstić information content (AvgIpc) is 3.34. The molecule has 2 saturated carbocycles. The first-order chi connectivity index (χ1) is 21.7. The number of nitrogens with one attached hydrogen (secondary N) is 1. The van der Waals surface area contributed by atoms with Crippen LogP contribution in [0.2, 0.25) is 0 Å². The number of carbonyl (C=O) groups is 2. The van der Waals surface area contributed by atoms with Gasteiger partial charge in [-0.15, -0.1) is 5.10 Å². The van der Waals surface area contributed by atoms with Gasteiger partial charge in [0, 0.05) is 68.7 Å². The Kier molecular flexibility index (Phi) is 7.05. The third-order valence-corrected chi connectivity index (χ3v) is 9.26. The molecule has 7 rings (SSSR count). The van der Waals surface area contributed by atoms with Crippen molar-refractivity contribution in [2.75, 3.05) is 38.2 Å². The van der Waals surface area contributed by atoms with E-state index in [-0.39, 0.29) is 47.0 Å². The minimum atomic E-state index is -0.764. The zero-order valence-corrected chi connectivity index (χ0v) is 25.4. The molecule has 1 spiro atoms. The molecule has 4 aromatic heterocycles. The lowest BCUT2D eigenvalue weighted by Crippen LogP contribution is -2.51. The van der Waals surface area contributed by atoms with Crippen LogP contribution in [0, 0.1) is 5.41 Å². The second-order valence-corrected chi connectivity index (χ2v) is 12.2. The summed E-state index contributed by atoms with van der Waals surface area (Å²) in [5.41, 5.74) is 1.60. The fourth-order valence-electron chi connectivity index (χ4n) is 6.72. The molecule has 3 fully saturated rings. The number of alkyl halides is 1. The molecular formula is C30H35FN10O4. The summed E-state index contributed by atoms with van der Waals surface area (Å²) in [5, 5.41) is 11.7. The molecule has 1 atom stereocenters. The molecule has 2 aliphatic carbocycles. The van der Waals surface area contributed by atoms with E-state index in [9.17, 15) is 18.8 Å². The third kappa shape index (κ3) is 5.09. The first-order valence-electron chi connectivity index (χ1n) is 15.2. The average molecular weight is 619 g/mol. The van der Waals surface area contributed by atoms with Crippen molar-refractivity contribution in [2.45, 2.75) is 51.4 Å². The van der Waals surface area contributed by atoms with E-state index in [1.807, 2.05) is 11.8 Å². The lowest BCUT2D eigenvalue weighted by atomic mass is 9.76. The molecule has 1 N–H and O–H groups in total. The number of amides is 2. The van der Waals surface area contributed by atoms with Crippen LogP contribution in [0.1, 0.15) is 42.2 Å². The van der Waals surface area contributed by atoms with Gasteiger partial charge in [0.25, 0.3) is 11.5 Å². The zero-order chi connectivity index (χ0) is 31.5. The topological polar surface area (TPSA) is 145 Å². The van der Waals surface area contributed by atoms with Gasteiger partial charge < -0.3 is 24.4 Å². The van der Waals surface area contributed by atoms with Gasteiger partial charge in [0.1, 0.15) is 18.4 Å². The number of piperazine rings is 1. The van der Waals surface area contributed by atoms with Crippen LogP contribution in [0.3, 0.4) is 0 Å². The largest absolute Gasteiger partial charge is 0.481 e. The van der Waals surface area contributed by atoms with Gasteiger partial charge in [-0.05, 0) is 31.7 Å². The number of hydrogen-bond donors (Lipinski definition) is 1. The van der Waals surface area contributed by atoms with Gasteiger partial charge >= 0.3 is 0 Å². The number of pyridine rings is 1. The van der Waals surface area contributed by atoms with E-state index < -0.39 is 6.17 Å². The number of anilines is 1. The highest BCUT2D eigenvalue weighted by Crippen LogP contribution is 2.62. The van der Waals surface area contributed by atoms with E-state index in [0.717, 1.165) is 0 Å². The van der Waals surface area contributed by atoms with E-state index >= 15 is 0 Å². The van der Waals surface area contributed by atoms with Crippen LogP contribution in [-0.2, 0) is 24.8 Å². The van der Waals surface area contributed by atoms with E-state index in [2.05, 4.69) is 20.5 Å². The van der Waals surface area contributed by atoms with Crippen molar-refractivity contribution in [3.8, 4) is 17.3 Å². The molecule has 5 heterocycles. The smallest absolute Gasteiger partial charge is 0.299 e. The van der Waals surface area contributed by atoms with Gasteiger partial charge in [0.05, 0.1) is 24.6 Å². The summed E-state index contributed by atoms with van der Waals surface area (Å²) in [7, 11) is 3.27. The first kappa shape index (κ1) is 28.9. The summed E-state index contributed by atoms with van der Waals surface area (Å²) in [6.45, 7) is 3.51. The number of rotatable bonds is 8. The molecule has 1 aliphatic heterocycles. The summed E-state index contributed by atoms with van der Waals surface area (Å²) in [6.07, 6.45) is 6.36. The Hall–Kier alpha value is -4.82. The molecule has 0 aromatic carbocycles. The van der Waals surface area contributed by atoms with Gasteiger partial charge in [-0.1, -0.05) is 6.92 Å². The molecule has 1 saturated heterocycles. The Morgan fingerprint density at radius 1 is 1.18 bits per heavy atom. The Balaban J connectivity index is 1.22. The molecule has 0 radical (unpaired) electrons. The molecule has 0 bridgehead atoms. The zero-order valence-electron chi connectivity index (χ0n) is 25.4. The standard InChI is InChI=1S/C30H35FN10O4/c1-4-21-25(38-7-9-39(10-8-38)27(43)19-15-33-37(2)16-19)28(44)41-29(35-26(36-41)18-5-6-32-24(11-18)45-3)40(21)17-23(42)34-20-12-30(13-20)14-22(30)31/h5-6,11,15-16,20,22H,4,7-10,12-14,17H2,1-3H3,(H,34,42). The van der Waals surface area contributed by atoms with Crippen LogP contribution in [0.25, 0.3) is 17.2 Å². The Labute approximate surface area is 257 Å². The molecule has 14 nitrogen and oxygen atoms in total. The lowest BCUT2D eigenvalue weighted by Gasteiger charge is -2.37. The summed E-state index contributed by atoms with van der Waals surface area (Å²) < 4.78 is 23.6. The van der Waals surface area contributed by atoms with E-state index in [1.165, 1.54) is 11.6 Å². The normalized spacial score (nSPS) is 22.5. The molecular weight excluding hydrogens is 583 g/mol. The lowest BCUT2D eigenvalue weighted by molar-refractivity contribution is -0.123. The molecule has 1 unspecified atom stereocenters. The molecule has 4 aromatic rings. The maximum Gasteiger partial charge on any atom is 0.299 e. The molecule has 236 valence electrons. The van der Waals surface area contributed by atoms with Crippen molar-refractivity contribution < 1.29 is 18.7 Å². The van der Waals surface area contributed by atoms with E-state index in [0.29, 0.717) is 80.3 Å². The van der Waals surface area contributed by atoms with Crippen molar-refractivity contribution in [1.29, 1.82) is 0 Å². The monoisotopic (exact) mass is 618 g/mol. The Bertz CT molecular complexity index is 1850.